The van der Waals surface area contributed by atoms with Crippen molar-refractivity contribution in [1.29, 1.82) is 0 Å². The smallest absolute Gasteiger partial charge is 0.416 e. The maximum Gasteiger partial charge on any atom is 0.416 e. The van der Waals surface area contributed by atoms with E-state index >= 15 is 0 Å². The largest absolute Gasteiger partial charge is 0.479 e. The van der Waals surface area contributed by atoms with E-state index < -0.39 is 17.8 Å². The lowest BCUT2D eigenvalue weighted by Gasteiger charge is -2.23. The predicted molar refractivity (Wildman–Crippen MR) is 81.7 cm³/mol. The molecule has 24 heavy (non-hydrogen) atoms. The molecule has 126 valence electrons. The van der Waals surface area contributed by atoms with E-state index in [-0.39, 0.29) is 16.7 Å². The summed E-state index contributed by atoms with van der Waals surface area (Å²) < 4.78 is 48.9. The lowest BCUT2D eigenvalue weighted by molar-refractivity contribution is -0.137. The van der Waals surface area contributed by atoms with Gasteiger partial charge in [-0.25, -0.2) is 0 Å². The Morgan fingerprint density at radius 2 is 1.96 bits per heavy atom. The topological polar surface area (TPSA) is 47.6 Å². The number of hydrogen-bond acceptors (Lipinski definition) is 3. The number of amides is 1. The quantitative estimate of drug-likeness (QED) is 0.834. The average Bonchev–Trinajstić information content (AvgIpc) is 2.49. The molecule has 1 atom stereocenters. The number of rotatable bonds is 2. The van der Waals surface area contributed by atoms with Crippen molar-refractivity contribution in [1.82, 2.24) is 0 Å². The van der Waals surface area contributed by atoms with Gasteiger partial charge in [0, 0.05) is 6.07 Å². The number of alkyl halides is 3. The molecule has 1 amide bonds. The van der Waals surface area contributed by atoms with Crippen LogP contribution in [0.4, 0.5) is 18.9 Å². The van der Waals surface area contributed by atoms with Crippen molar-refractivity contribution >= 4 is 23.2 Å². The molecule has 0 saturated carbocycles. The van der Waals surface area contributed by atoms with Crippen molar-refractivity contribution in [2.24, 2.45) is 0 Å². The number of carbonyl (C=O) groups excluding carboxylic acids is 1. The van der Waals surface area contributed by atoms with Crippen LogP contribution in [0.3, 0.4) is 0 Å². The van der Waals surface area contributed by atoms with E-state index in [1.165, 1.54) is 6.07 Å². The summed E-state index contributed by atoms with van der Waals surface area (Å²) in [6, 6.07) is 7.49. The Labute approximate surface area is 140 Å². The molecule has 0 bridgehead atoms. The number of fused-ring (bicyclic) bond motifs is 1. The summed E-state index contributed by atoms with van der Waals surface area (Å²) in [5.74, 6) is 0.542. The summed E-state index contributed by atoms with van der Waals surface area (Å²) in [7, 11) is 0. The fraction of sp³-hybridized carbons (Fsp3) is 0.188. The van der Waals surface area contributed by atoms with Gasteiger partial charge in [-0.05, 0) is 37.3 Å². The molecule has 1 unspecified atom stereocenters. The third-order valence-corrected chi connectivity index (χ3v) is 3.67. The van der Waals surface area contributed by atoms with Crippen LogP contribution in [0.2, 0.25) is 5.02 Å². The Hall–Kier alpha value is -2.41. The molecular weight excluding hydrogens is 347 g/mol. The van der Waals surface area contributed by atoms with Crippen LogP contribution in [0.1, 0.15) is 12.5 Å². The number of nitrogens with one attached hydrogen (secondary N) is 1. The standard InChI is InChI=1S/C16H11ClF3NO3/c1-8-15(22)21-12-4-3-10(7-14(12)23-8)24-13-5-2-9(6-11(13)17)16(18,19)20/h2-8H,1H3,(H,21,22). The lowest BCUT2D eigenvalue weighted by atomic mass is 10.2. The van der Waals surface area contributed by atoms with Gasteiger partial charge in [0.15, 0.2) is 6.10 Å². The maximum absolute atomic E-state index is 12.6. The van der Waals surface area contributed by atoms with Gasteiger partial charge in [-0.1, -0.05) is 11.6 Å². The second kappa shape index (κ2) is 5.90. The first kappa shape index (κ1) is 16.4. The van der Waals surface area contributed by atoms with Crippen molar-refractivity contribution in [3.63, 3.8) is 0 Å². The number of halogens is 4. The molecule has 4 nitrogen and oxygen atoms in total. The lowest BCUT2D eigenvalue weighted by Crippen LogP contribution is -2.34. The zero-order valence-electron chi connectivity index (χ0n) is 12.3. The first-order chi connectivity index (χ1) is 11.2. The molecule has 0 radical (unpaired) electrons. The highest BCUT2D eigenvalue weighted by molar-refractivity contribution is 6.32. The monoisotopic (exact) mass is 357 g/mol. The molecule has 0 fully saturated rings. The summed E-state index contributed by atoms with van der Waals surface area (Å²) in [5.41, 5.74) is -0.367. The molecule has 0 aromatic heterocycles. The van der Waals surface area contributed by atoms with Gasteiger partial charge >= 0.3 is 6.18 Å². The second-order valence-electron chi connectivity index (χ2n) is 5.15. The first-order valence-corrected chi connectivity index (χ1v) is 7.28. The summed E-state index contributed by atoms with van der Waals surface area (Å²) in [5, 5.41) is 2.50. The minimum absolute atomic E-state index is 0.0810. The highest BCUT2D eigenvalue weighted by atomic mass is 35.5. The minimum Gasteiger partial charge on any atom is -0.479 e. The highest BCUT2D eigenvalue weighted by Gasteiger charge is 2.31. The van der Waals surface area contributed by atoms with Gasteiger partial charge in [0.05, 0.1) is 16.3 Å². The van der Waals surface area contributed by atoms with Crippen LogP contribution in [0.5, 0.6) is 17.2 Å². The molecule has 0 spiro atoms. The van der Waals surface area contributed by atoms with Crippen LogP contribution in [0.25, 0.3) is 0 Å². The zero-order chi connectivity index (χ0) is 17.5. The fourth-order valence-electron chi connectivity index (χ4n) is 2.13. The van der Waals surface area contributed by atoms with Crippen molar-refractivity contribution in [3.05, 3.63) is 47.0 Å². The van der Waals surface area contributed by atoms with Crippen LogP contribution >= 0.6 is 11.6 Å². The summed E-state index contributed by atoms with van der Waals surface area (Å²) in [6.45, 7) is 1.60. The third-order valence-electron chi connectivity index (χ3n) is 3.37. The van der Waals surface area contributed by atoms with Gasteiger partial charge in [0.2, 0.25) is 0 Å². The van der Waals surface area contributed by atoms with E-state index in [0.717, 1.165) is 18.2 Å². The normalized spacial score (nSPS) is 16.9. The molecule has 1 heterocycles. The van der Waals surface area contributed by atoms with Crippen molar-refractivity contribution < 1.29 is 27.4 Å². The van der Waals surface area contributed by atoms with Gasteiger partial charge < -0.3 is 14.8 Å². The van der Waals surface area contributed by atoms with Crippen LogP contribution in [0.15, 0.2) is 36.4 Å². The summed E-state index contributed by atoms with van der Waals surface area (Å²) >= 11 is 5.86. The van der Waals surface area contributed by atoms with Crippen LogP contribution in [-0.4, -0.2) is 12.0 Å². The fourth-order valence-corrected chi connectivity index (χ4v) is 2.35. The first-order valence-electron chi connectivity index (χ1n) is 6.90. The van der Waals surface area contributed by atoms with Gasteiger partial charge in [-0.3, -0.25) is 4.79 Å². The van der Waals surface area contributed by atoms with E-state index in [0.29, 0.717) is 17.2 Å². The van der Waals surface area contributed by atoms with Crippen LogP contribution < -0.4 is 14.8 Å². The molecule has 0 aliphatic carbocycles. The molecule has 1 aliphatic heterocycles. The average molecular weight is 358 g/mol. The van der Waals surface area contributed by atoms with Gasteiger partial charge in [-0.15, -0.1) is 0 Å². The number of anilines is 1. The Kier molecular flexibility index (Phi) is 4.04. The second-order valence-corrected chi connectivity index (χ2v) is 5.56. The van der Waals surface area contributed by atoms with Crippen molar-refractivity contribution in [2.45, 2.75) is 19.2 Å². The van der Waals surface area contributed by atoms with Crippen molar-refractivity contribution in [2.75, 3.05) is 5.32 Å². The number of benzene rings is 2. The highest BCUT2D eigenvalue weighted by Crippen LogP contribution is 2.39. The van der Waals surface area contributed by atoms with E-state index in [4.69, 9.17) is 21.1 Å². The van der Waals surface area contributed by atoms with Crippen LogP contribution in [-0.2, 0) is 11.0 Å². The van der Waals surface area contributed by atoms with Gasteiger partial charge in [0.25, 0.3) is 5.91 Å². The van der Waals surface area contributed by atoms with E-state index in [1.807, 2.05) is 0 Å². The van der Waals surface area contributed by atoms with Crippen LogP contribution in [0, 0.1) is 0 Å². The molecule has 2 aromatic carbocycles. The summed E-state index contributed by atoms with van der Waals surface area (Å²) in [4.78, 5) is 11.5. The third kappa shape index (κ3) is 3.26. The number of hydrogen-bond donors (Lipinski definition) is 1. The minimum atomic E-state index is -4.48. The molecular formula is C16H11ClF3NO3. The molecule has 2 aromatic rings. The molecule has 0 saturated heterocycles. The molecule has 1 aliphatic rings. The molecule has 8 heteroatoms. The number of carbonyl (C=O) groups is 1. The Bertz CT molecular complexity index is 808. The predicted octanol–water partition coefficient (Wildman–Crippen LogP) is 4.87. The molecule has 1 N–H and O–H groups in total. The SMILES string of the molecule is CC1Oc2cc(Oc3ccc(C(F)(F)F)cc3Cl)ccc2NC1=O. The van der Waals surface area contributed by atoms with Gasteiger partial charge in [-0.2, -0.15) is 13.2 Å². The molecule has 3 rings (SSSR count). The van der Waals surface area contributed by atoms with Crippen molar-refractivity contribution in [3.8, 4) is 17.2 Å². The number of ether oxygens (including phenoxy) is 2. The van der Waals surface area contributed by atoms with E-state index in [9.17, 15) is 18.0 Å². The van der Waals surface area contributed by atoms with E-state index in [1.54, 1.807) is 19.1 Å². The zero-order valence-corrected chi connectivity index (χ0v) is 13.0. The Morgan fingerprint density at radius 3 is 2.62 bits per heavy atom. The van der Waals surface area contributed by atoms with Gasteiger partial charge in [0.1, 0.15) is 17.2 Å². The summed E-state index contributed by atoms with van der Waals surface area (Å²) in [6.07, 6.45) is -5.13. The Balaban J connectivity index is 1.85. The Morgan fingerprint density at radius 1 is 1.21 bits per heavy atom. The van der Waals surface area contributed by atoms with E-state index in [2.05, 4.69) is 5.32 Å². The maximum atomic E-state index is 12.6.